The van der Waals surface area contributed by atoms with Crippen LogP contribution in [0.15, 0.2) is 184 Å². The Bertz CT molecular complexity index is 3270. The summed E-state index contributed by atoms with van der Waals surface area (Å²) in [6.45, 7) is 0. The normalized spacial score (nSPS) is 15.5. The molecule has 0 bridgehead atoms. The van der Waals surface area contributed by atoms with Crippen LogP contribution in [0, 0.1) is 0 Å². The standard InChI is InChI=1S/C52H35N3O2/c1-3-12-32(13-4-1)43-31-44(33-14-5-2-6-15-33)54-52(53-43)40-18-11-21-49-51(40)42-28-34(23-26-48(42)56-49)35-22-25-39-41-30-36(24-27-47(41)57-50(39)29-35)55-45-19-9-7-16-37(45)38-17-8-10-20-46(38)55/h1-23,25-26,28-31,52-53H,24,27H2. The second kappa shape index (κ2) is 12.6. The Morgan fingerprint density at radius 1 is 0.509 bits per heavy atom. The molecule has 1 unspecified atom stereocenters. The number of rotatable bonds is 5. The molecular formula is C52H35N3O2. The van der Waals surface area contributed by atoms with Crippen molar-refractivity contribution in [3.8, 4) is 11.1 Å². The molecule has 5 heteroatoms. The minimum atomic E-state index is -0.320. The monoisotopic (exact) mass is 733 g/mol. The fourth-order valence-electron chi connectivity index (χ4n) is 9.07. The summed E-state index contributed by atoms with van der Waals surface area (Å²) in [4.78, 5) is 5.30. The van der Waals surface area contributed by atoms with E-state index in [1.165, 1.54) is 33.1 Å². The van der Waals surface area contributed by atoms with Gasteiger partial charge in [0.2, 0.25) is 0 Å². The number of aryl methyl sites for hydroxylation is 1. The van der Waals surface area contributed by atoms with Gasteiger partial charge in [0, 0.05) is 55.9 Å². The summed E-state index contributed by atoms with van der Waals surface area (Å²) in [6.07, 6.45) is 5.94. The molecule has 0 spiro atoms. The van der Waals surface area contributed by atoms with Gasteiger partial charge in [0.05, 0.1) is 16.7 Å². The predicted octanol–water partition coefficient (Wildman–Crippen LogP) is 13.2. The van der Waals surface area contributed by atoms with Crippen LogP contribution in [0.25, 0.3) is 83.3 Å². The fraction of sp³-hybridized carbons (Fsp3) is 0.0577. The molecule has 0 fully saturated rings. The minimum absolute atomic E-state index is 0.320. The van der Waals surface area contributed by atoms with E-state index in [0.29, 0.717) is 0 Å². The number of hydrogen-bond donors (Lipinski definition) is 1. The molecule has 1 aliphatic heterocycles. The van der Waals surface area contributed by atoms with Gasteiger partial charge in [-0.05, 0) is 83.3 Å². The van der Waals surface area contributed by atoms with E-state index < -0.39 is 0 Å². The Morgan fingerprint density at radius 3 is 2.00 bits per heavy atom. The molecule has 1 atom stereocenters. The molecule has 0 radical (unpaired) electrons. The Morgan fingerprint density at radius 2 is 1.21 bits per heavy atom. The highest BCUT2D eigenvalue weighted by Crippen LogP contribution is 2.42. The van der Waals surface area contributed by atoms with Gasteiger partial charge in [-0.2, -0.15) is 0 Å². The number of allylic oxidation sites excluding steroid dienone is 2. The van der Waals surface area contributed by atoms with E-state index in [1.54, 1.807) is 0 Å². The number of nitrogens with one attached hydrogen (secondary N) is 1. The third-order valence-electron chi connectivity index (χ3n) is 11.7. The van der Waals surface area contributed by atoms with E-state index in [-0.39, 0.29) is 6.17 Å². The van der Waals surface area contributed by atoms with Gasteiger partial charge in [-0.3, -0.25) is 4.99 Å². The summed E-state index contributed by atoms with van der Waals surface area (Å²) < 4.78 is 15.6. The van der Waals surface area contributed by atoms with Crippen LogP contribution in [0.4, 0.5) is 0 Å². The van der Waals surface area contributed by atoms with Gasteiger partial charge in [-0.15, -0.1) is 0 Å². The maximum atomic E-state index is 6.63. The van der Waals surface area contributed by atoms with E-state index >= 15 is 0 Å². The summed E-state index contributed by atoms with van der Waals surface area (Å²) >= 11 is 0. The lowest BCUT2D eigenvalue weighted by Crippen LogP contribution is -2.25. The quantitative estimate of drug-likeness (QED) is 0.192. The van der Waals surface area contributed by atoms with E-state index in [0.717, 1.165) is 90.7 Å². The highest BCUT2D eigenvalue weighted by atomic mass is 16.3. The molecular weight excluding hydrogens is 699 g/mol. The average Bonchev–Trinajstić information content (AvgIpc) is 3.95. The number of aliphatic imine (C=N–C) groups is 1. The number of fused-ring (bicyclic) bond motifs is 9. The highest BCUT2D eigenvalue weighted by Gasteiger charge is 2.25. The zero-order valence-electron chi connectivity index (χ0n) is 30.9. The topological polar surface area (TPSA) is 55.6 Å². The second-order valence-electron chi connectivity index (χ2n) is 15.0. The van der Waals surface area contributed by atoms with E-state index in [2.05, 4.69) is 174 Å². The number of aromatic nitrogens is 1. The third kappa shape index (κ3) is 5.13. The van der Waals surface area contributed by atoms with E-state index in [1.807, 2.05) is 12.1 Å². The van der Waals surface area contributed by atoms with Crippen LogP contribution in [0.3, 0.4) is 0 Å². The lowest BCUT2D eigenvalue weighted by atomic mass is 9.96. The average molecular weight is 734 g/mol. The zero-order chi connectivity index (χ0) is 37.5. The molecule has 2 aliphatic rings. The molecule has 0 amide bonds. The molecule has 4 heterocycles. The van der Waals surface area contributed by atoms with Crippen molar-refractivity contribution in [2.75, 3.05) is 0 Å². The summed E-state index contributed by atoms with van der Waals surface area (Å²) in [5, 5.41) is 9.59. The maximum absolute atomic E-state index is 6.63. The smallest absolute Gasteiger partial charge is 0.146 e. The zero-order valence-corrected chi connectivity index (χ0v) is 30.9. The van der Waals surface area contributed by atoms with Crippen LogP contribution < -0.4 is 5.32 Å². The lowest BCUT2D eigenvalue weighted by Gasteiger charge is -2.25. The van der Waals surface area contributed by atoms with Crippen LogP contribution in [0.5, 0.6) is 0 Å². The summed E-state index contributed by atoms with van der Waals surface area (Å²) in [6, 6.07) is 57.7. The van der Waals surface area contributed by atoms with Crippen molar-refractivity contribution >= 4 is 77.9 Å². The van der Waals surface area contributed by atoms with Crippen LogP contribution in [0.2, 0.25) is 0 Å². The number of benzene rings is 7. The largest absolute Gasteiger partial charge is 0.460 e. The summed E-state index contributed by atoms with van der Waals surface area (Å²) in [7, 11) is 0. The first-order valence-corrected chi connectivity index (χ1v) is 19.6. The first-order chi connectivity index (χ1) is 28.2. The second-order valence-corrected chi connectivity index (χ2v) is 15.0. The lowest BCUT2D eigenvalue weighted by molar-refractivity contribution is 0.546. The predicted molar refractivity (Wildman–Crippen MR) is 234 cm³/mol. The number of furan rings is 2. The Labute approximate surface area is 328 Å². The van der Waals surface area contributed by atoms with Crippen LogP contribution >= 0.6 is 0 Å². The Hall–Kier alpha value is -7.37. The number of nitrogens with zero attached hydrogens (tertiary/aromatic N) is 2. The van der Waals surface area contributed by atoms with E-state index in [4.69, 9.17) is 13.8 Å². The van der Waals surface area contributed by atoms with Crippen molar-refractivity contribution in [1.82, 2.24) is 9.88 Å². The molecule has 10 aromatic rings. The fourth-order valence-corrected chi connectivity index (χ4v) is 9.07. The van der Waals surface area contributed by atoms with Gasteiger partial charge in [0.25, 0.3) is 0 Å². The van der Waals surface area contributed by atoms with Crippen LogP contribution in [0.1, 0.15) is 40.6 Å². The van der Waals surface area contributed by atoms with Crippen molar-refractivity contribution in [1.29, 1.82) is 0 Å². The molecule has 1 aliphatic carbocycles. The van der Waals surface area contributed by atoms with Gasteiger partial charge in [0.1, 0.15) is 28.7 Å². The molecule has 3 aromatic heterocycles. The molecule has 5 nitrogen and oxygen atoms in total. The summed E-state index contributed by atoms with van der Waals surface area (Å²) in [5.41, 5.74) is 15.0. The minimum Gasteiger partial charge on any atom is -0.460 e. The van der Waals surface area contributed by atoms with Gasteiger partial charge in [-0.25, -0.2) is 0 Å². The number of para-hydroxylation sites is 2. The van der Waals surface area contributed by atoms with Crippen molar-refractivity contribution in [3.05, 3.63) is 198 Å². The number of hydrogen-bond acceptors (Lipinski definition) is 4. The molecule has 0 saturated carbocycles. The first-order valence-electron chi connectivity index (χ1n) is 19.6. The van der Waals surface area contributed by atoms with Gasteiger partial charge >= 0.3 is 0 Å². The van der Waals surface area contributed by atoms with Crippen molar-refractivity contribution < 1.29 is 8.83 Å². The molecule has 0 saturated heterocycles. The maximum Gasteiger partial charge on any atom is 0.146 e. The molecule has 12 rings (SSSR count). The first kappa shape index (κ1) is 31.9. The third-order valence-corrected chi connectivity index (χ3v) is 11.7. The SMILES string of the molecule is C1=C(c2ccccc2)NC(c2cccc3oc4ccc(-c5ccc6c7c(oc6c5)CCC(n5c6ccccc6c6ccccc65)=C7)cc4c23)N=C1c1ccccc1. The van der Waals surface area contributed by atoms with Crippen LogP contribution in [-0.2, 0) is 6.42 Å². The highest BCUT2D eigenvalue weighted by molar-refractivity contribution is 6.14. The molecule has 270 valence electrons. The molecule has 1 N–H and O–H groups in total. The molecule has 7 aromatic carbocycles. The Balaban J connectivity index is 0.947. The Kier molecular flexibility index (Phi) is 7.05. The summed E-state index contributed by atoms with van der Waals surface area (Å²) in [5.74, 6) is 1.05. The van der Waals surface area contributed by atoms with E-state index in [9.17, 15) is 0 Å². The molecule has 57 heavy (non-hydrogen) atoms. The van der Waals surface area contributed by atoms with Crippen molar-refractivity contribution in [2.45, 2.75) is 19.0 Å². The van der Waals surface area contributed by atoms with Gasteiger partial charge < -0.3 is 18.7 Å². The van der Waals surface area contributed by atoms with Gasteiger partial charge in [0.15, 0.2) is 0 Å². The van der Waals surface area contributed by atoms with Crippen molar-refractivity contribution in [3.63, 3.8) is 0 Å². The van der Waals surface area contributed by atoms with Gasteiger partial charge in [-0.1, -0.05) is 121 Å². The van der Waals surface area contributed by atoms with Crippen molar-refractivity contribution in [2.24, 2.45) is 4.99 Å². The van der Waals surface area contributed by atoms with Crippen LogP contribution in [-0.4, -0.2) is 10.3 Å².